The molecular formula is C23H24N2O6S. The van der Waals surface area contributed by atoms with Crippen LogP contribution in [0.4, 0.5) is 4.79 Å². The van der Waals surface area contributed by atoms with E-state index in [4.69, 9.17) is 13.3 Å². The van der Waals surface area contributed by atoms with Gasteiger partial charge in [0.15, 0.2) is 0 Å². The highest BCUT2D eigenvalue weighted by atomic mass is 32.2. The molecule has 0 radical (unpaired) electrons. The highest BCUT2D eigenvalue weighted by Gasteiger charge is 2.42. The van der Waals surface area contributed by atoms with Gasteiger partial charge in [0.25, 0.3) is 10.1 Å². The Bertz CT molecular complexity index is 1170. The van der Waals surface area contributed by atoms with Crippen molar-refractivity contribution in [1.82, 2.24) is 9.88 Å². The molecule has 0 spiro atoms. The number of rotatable bonds is 6. The highest BCUT2D eigenvalue weighted by Crippen LogP contribution is 2.35. The molecular weight excluding hydrogens is 432 g/mol. The third kappa shape index (κ3) is 5.00. The number of amides is 1. The topological polar surface area (TPSA) is 98.9 Å². The lowest BCUT2D eigenvalue weighted by molar-refractivity contribution is 0.0851. The Morgan fingerprint density at radius 2 is 1.84 bits per heavy atom. The van der Waals surface area contributed by atoms with Crippen molar-refractivity contribution < 1.29 is 26.5 Å². The van der Waals surface area contributed by atoms with Gasteiger partial charge in [-0.3, -0.25) is 9.08 Å². The smallest absolute Gasteiger partial charge is 0.410 e. The fourth-order valence-corrected chi connectivity index (χ4v) is 4.65. The Hall–Kier alpha value is -3.17. The summed E-state index contributed by atoms with van der Waals surface area (Å²) in [7, 11) is -4.00. The maximum Gasteiger partial charge on any atom is 0.410 e. The van der Waals surface area contributed by atoms with Crippen molar-refractivity contribution in [3.05, 3.63) is 83.6 Å². The fraction of sp³-hybridized carbons (Fsp3) is 0.304. The molecule has 1 saturated heterocycles. The lowest BCUT2D eigenvalue weighted by Crippen LogP contribution is -2.33. The van der Waals surface area contributed by atoms with E-state index in [0.29, 0.717) is 11.7 Å². The molecule has 2 heterocycles. The summed E-state index contributed by atoms with van der Waals surface area (Å²) in [6, 6.07) is 15.1. The lowest BCUT2D eigenvalue weighted by Gasteiger charge is -2.21. The van der Waals surface area contributed by atoms with Gasteiger partial charge in [0, 0.05) is 6.42 Å². The third-order valence-corrected chi connectivity index (χ3v) is 6.57. The van der Waals surface area contributed by atoms with E-state index in [9.17, 15) is 13.2 Å². The Kier molecular flexibility index (Phi) is 6.29. The first kappa shape index (κ1) is 22.0. The van der Waals surface area contributed by atoms with Gasteiger partial charge in [-0.25, -0.2) is 9.78 Å². The molecule has 0 N–H and O–H groups in total. The fourth-order valence-electron chi connectivity index (χ4n) is 3.57. The molecule has 2 atom stereocenters. The summed E-state index contributed by atoms with van der Waals surface area (Å²) in [6.07, 6.45) is 0.419. The highest BCUT2D eigenvalue weighted by molar-refractivity contribution is 7.86. The van der Waals surface area contributed by atoms with Gasteiger partial charge in [-0.1, -0.05) is 48.0 Å². The molecule has 8 nitrogen and oxygen atoms in total. The van der Waals surface area contributed by atoms with Crippen molar-refractivity contribution in [2.45, 2.75) is 43.9 Å². The number of hydrogen-bond acceptors (Lipinski definition) is 7. The van der Waals surface area contributed by atoms with Crippen LogP contribution in [0.5, 0.6) is 0 Å². The van der Waals surface area contributed by atoms with Crippen LogP contribution in [-0.2, 0) is 25.6 Å². The Morgan fingerprint density at radius 3 is 2.50 bits per heavy atom. The second-order valence-electron chi connectivity index (χ2n) is 7.74. The van der Waals surface area contributed by atoms with Gasteiger partial charge in [-0.2, -0.15) is 8.42 Å². The first-order valence-electron chi connectivity index (χ1n) is 10.2. The van der Waals surface area contributed by atoms with Gasteiger partial charge in [-0.05, 0) is 31.5 Å². The molecule has 0 aliphatic carbocycles. The lowest BCUT2D eigenvalue weighted by atomic mass is 10.2. The zero-order chi connectivity index (χ0) is 22.7. The molecule has 0 saturated carbocycles. The van der Waals surface area contributed by atoms with Crippen LogP contribution in [0.2, 0.25) is 0 Å². The van der Waals surface area contributed by atoms with Crippen LogP contribution in [0, 0.1) is 13.8 Å². The first-order valence-corrected chi connectivity index (χ1v) is 11.6. The summed E-state index contributed by atoms with van der Waals surface area (Å²) in [6.45, 7) is 3.75. The molecule has 0 bridgehead atoms. The van der Waals surface area contributed by atoms with Gasteiger partial charge in [-0.15, -0.1) is 0 Å². The van der Waals surface area contributed by atoms with Crippen LogP contribution in [0.1, 0.15) is 35.2 Å². The van der Waals surface area contributed by atoms with Crippen LogP contribution < -0.4 is 0 Å². The van der Waals surface area contributed by atoms with Crippen LogP contribution in [0.15, 0.2) is 70.1 Å². The van der Waals surface area contributed by atoms with Crippen molar-refractivity contribution in [2.75, 3.05) is 6.54 Å². The number of aromatic nitrogens is 1. The van der Waals surface area contributed by atoms with E-state index in [0.717, 1.165) is 11.1 Å². The Balaban J connectivity index is 1.50. The number of aryl methyl sites for hydroxylation is 2. The van der Waals surface area contributed by atoms with Crippen molar-refractivity contribution in [3.8, 4) is 0 Å². The average Bonchev–Trinajstić information content (AvgIpc) is 3.39. The third-order valence-electron chi connectivity index (χ3n) is 5.20. The predicted molar refractivity (Wildman–Crippen MR) is 115 cm³/mol. The van der Waals surface area contributed by atoms with E-state index in [2.05, 4.69) is 4.98 Å². The monoisotopic (exact) mass is 456 g/mol. The number of nitrogens with zero attached hydrogens (tertiary/aromatic N) is 2. The molecule has 4 rings (SSSR count). The Morgan fingerprint density at radius 1 is 1.12 bits per heavy atom. The van der Waals surface area contributed by atoms with Gasteiger partial charge in [0.1, 0.15) is 18.4 Å². The predicted octanol–water partition coefficient (Wildman–Crippen LogP) is 4.15. The zero-order valence-electron chi connectivity index (χ0n) is 17.8. The van der Waals surface area contributed by atoms with E-state index in [-0.39, 0.29) is 24.5 Å². The van der Waals surface area contributed by atoms with Gasteiger partial charge < -0.3 is 9.15 Å². The van der Waals surface area contributed by atoms with Crippen LogP contribution in [0.3, 0.4) is 0 Å². The van der Waals surface area contributed by atoms with Gasteiger partial charge in [0.05, 0.1) is 23.7 Å². The van der Waals surface area contributed by atoms with Crippen LogP contribution in [0.25, 0.3) is 0 Å². The largest absolute Gasteiger partial charge is 0.445 e. The first-order chi connectivity index (χ1) is 15.3. The molecule has 1 aliphatic rings. The molecule has 168 valence electrons. The summed E-state index contributed by atoms with van der Waals surface area (Å²) >= 11 is 0. The number of carbonyl (C=O) groups excluding carboxylic acids is 1. The summed E-state index contributed by atoms with van der Waals surface area (Å²) in [5.74, 6) is 0.909. The van der Waals surface area contributed by atoms with Gasteiger partial charge >= 0.3 is 6.09 Å². The number of benzene rings is 2. The van der Waals surface area contributed by atoms with Crippen LogP contribution in [-0.4, -0.2) is 37.0 Å². The van der Waals surface area contributed by atoms with Gasteiger partial charge in [0.2, 0.25) is 5.89 Å². The molecule has 1 amide bonds. The molecule has 2 aromatic carbocycles. The summed E-state index contributed by atoms with van der Waals surface area (Å²) in [5.41, 5.74) is 1.79. The van der Waals surface area contributed by atoms with E-state index in [1.807, 2.05) is 37.3 Å². The summed E-state index contributed by atoms with van der Waals surface area (Å²) in [5, 5.41) is 0. The van der Waals surface area contributed by atoms with E-state index >= 15 is 0 Å². The van der Waals surface area contributed by atoms with E-state index in [1.165, 1.54) is 17.0 Å². The maximum atomic E-state index is 12.9. The average molecular weight is 457 g/mol. The molecule has 1 aliphatic heterocycles. The number of hydrogen-bond donors (Lipinski definition) is 0. The molecule has 9 heteroatoms. The Labute approximate surface area is 186 Å². The molecule has 0 unspecified atom stereocenters. The summed E-state index contributed by atoms with van der Waals surface area (Å²) in [4.78, 5) is 18.6. The van der Waals surface area contributed by atoms with Crippen molar-refractivity contribution in [3.63, 3.8) is 0 Å². The number of likely N-dealkylation sites (tertiary alicyclic amines) is 1. The zero-order valence-corrected chi connectivity index (χ0v) is 18.6. The van der Waals surface area contributed by atoms with E-state index in [1.54, 1.807) is 25.3 Å². The minimum absolute atomic E-state index is 0.0325. The quantitative estimate of drug-likeness (QED) is 0.514. The molecule has 1 fully saturated rings. The molecule has 3 aromatic rings. The number of oxazole rings is 1. The number of ether oxygens (including phenoxy) is 1. The van der Waals surface area contributed by atoms with Crippen molar-refractivity contribution in [1.29, 1.82) is 0 Å². The van der Waals surface area contributed by atoms with Crippen LogP contribution >= 0.6 is 0 Å². The minimum Gasteiger partial charge on any atom is -0.445 e. The van der Waals surface area contributed by atoms with Crippen molar-refractivity contribution >= 4 is 16.2 Å². The standard InChI is InChI=1S/C23H24N2O6S/c1-16-8-10-20(11-9-16)32(27,28)31-19-12-21(22-24-13-17(2)30-22)25(14-19)23(26)29-15-18-6-4-3-5-7-18/h3-11,13,19,21H,12,14-15H2,1-2H3/t19-,21+/m1/s1. The minimum atomic E-state index is -4.00. The second kappa shape index (κ2) is 9.13. The summed E-state index contributed by atoms with van der Waals surface area (Å²) < 4.78 is 42.0. The van der Waals surface area contributed by atoms with Crippen molar-refractivity contribution in [2.24, 2.45) is 0 Å². The number of carbonyl (C=O) groups is 1. The SMILES string of the molecule is Cc1ccc(S(=O)(=O)O[C@@H]2C[C@@H](c3ncc(C)o3)N(C(=O)OCc3ccccc3)C2)cc1. The second-order valence-corrected chi connectivity index (χ2v) is 9.31. The normalized spacial score (nSPS) is 18.6. The molecule has 32 heavy (non-hydrogen) atoms. The molecule has 1 aromatic heterocycles. The maximum absolute atomic E-state index is 12.9. The van der Waals surface area contributed by atoms with E-state index < -0.39 is 28.4 Å².